The third-order valence-electron chi connectivity index (χ3n) is 4.53. The van der Waals surface area contributed by atoms with Gasteiger partial charge in [-0.1, -0.05) is 34.1 Å². The Labute approximate surface area is 202 Å². The highest BCUT2D eigenvalue weighted by atomic mass is 79.9. The molecule has 0 spiro atoms. The summed E-state index contributed by atoms with van der Waals surface area (Å²) >= 11 is 3.52. The van der Waals surface area contributed by atoms with Gasteiger partial charge in [0.25, 0.3) is 0 Å². The van der Waals surface area contributed by atoms with Crippen LogP contribution in [0.2, 0.25) is 0 Å². The second-order valence-corrected chi connectivity index (χ2v) is 9.32. The van der Waals surface area contributed by atoms with Crippen molar-refractivity contribution in [3.8, 4) is 5.75 Å². The van der Waals surface area contributed by atoms with E-state index in [0.29, 0.717) is 18.9 Å². The SMILES string of the molecule is COc1ccc(/C=C/c2nc(NCCCNC(=O)OC(C)(C)C)c3cc(Br)ccc3n2)cc1. The standard InChI is InChI=1S/C25H29BrN4O3/c1-25(2,3)33-24(31)28-15-5-14-27-23-20-16-18(26)9-12-21(20)29-22(30-23)13-8-17-6-10-19(32-4)11-7-17/h6-13,16H,5,14-15H2,1-4H3,(H,28,31)(H,27,29,30)/b13-8+. The zero-order valence-electron chi connectivity index (χ0n) is 19.3. The summed E-state index contributed by atoms with van der Waals surface area (Å²) in [4.78, 5) is 21.2. The van der Waals surface area contributed by atoms with Crippen LogP contribution < -0.4 is 15.4 Å². The van der Waals surface area contributed by atoms with Crippen LogP contribution in [0.1, 0.15) is 38.6 Å². The number of carbonyl (C=O) groups is 1. The Balaban J connectivity index is 1.68. The van der Waals surface area contributed by atoms with E-state index in [1.807, 2.05) is 75.4 Å². The number of aromatic nitrogens is 2. The quantitative estimate of drug-likeness (QED) is 0.365. The summed E-state index contributed by atoms with van der Waals surface area (Å²) in [7, 11) is 1.65. The lowest BCUT2D eigenvalue weighted by Crippen LogP contribution is -2.33. The molecule has 2 aromatic carbocycles. The predicted molar refractivity (Wildman–Crippen MR) is 137 cm³/mol. The molecule has 33 heavy (non-hydrogen) atoms. The van der Waals surface area contributed by atoms with Crippen molar-refractivity contribution in [3.63, 3.8) is 0 Å². The Morgan fingerprint density at radius 3 is 2.52 bits per heavy atom. The monoisotopic (exact) mass is 512 g/mol. The third-order valence-corrected chi connectivity index (χ3v) is 5.02. The lowest BCUT2D eigenvalue weighted by Gasteiger charge is -2.19. The van der Waals surface area contributed by atoms with Crippen molar-refractivity contribution in [2.24, 2.45) is 0 Å². The van der Waals surface area contributed by atoms with Gasteiger partial charge in [-0.2, -0.15) is 0 Å². The average molecular weight is 513 g/mol. The van der Waals surface area contributed by atoms with Crippen LogP contribution in [0, 0.1) is 0 Å². The minimum Gasteiger partial charge on any atom is -0.497 e. The summed E-state index contributed by atoms with van der Waals surface area (Å²) in [5.74, 6) is 2.16. The highest BCUT2D eigenvalue weighted by Gasteiger charge is 2.15. The van der Waals surface area contributed by atoms with E-state index in [2.05, 4.69) is 31.5 Å². The smallest absolute Gasteiger partial charge is 0.407 e. The maximum Gasteiger partial charge on any atom is 0.407 e. The number of benzene rings is 2. The minimum absolute atomic E-state index is 0.412. The van der Waals surface area contributed by atoms with Gasteiger partial charge in [-0.15, -0.1) is 0 Å². The van der Waals surface area contributed by atoms with Crippen LogP contribution in [0.3, 0.4) is 0 Å². The molecule has 8 heteroatoms. The number of nitrogens with one attached hydrogen (secondary N) is 2. The van der Waals surface area contributed by atoms with E-state index in [1.54, 1.807) is 7.11 Å². The van der Waals surface area contributed by atoms with Gasteiger partial charge in [0.05, 0.1) is 12.6 Å². The molecule has 0 fully saturated rings. The minimum atomic E-state index is -0.509. The van der Waals surface area contributed by atoms with Gasteiger partial charge >= 0.3 is 6.09 Å². The van der Waals surface area contributed by atoms with Gasteiger partial charge in [0.15, 0.2) is 5.82 Å². The topological polar surface area (TPSA) is 85.4 Å². The number of hydrogen-bond acceptors (Lipinski definition) is 6. The van der Waals surface area contributed by atoms with Gasteiger partial charge in [0, 0.05) is 22.9 Å². The molecule has 0 bridgehead atoms. The molecule has 0 radical (unpaired) electrons. The van der Waals surface area contributed by atoms with E-state index in [9.17, 15) is 4.79 Å². The number of carbonyl (C=O) groups excluding carboxylic acids is 1. The van der Waals surface area contributed by atoms with Gasteiger partial charge in [0.2, 0.25) is 0 Å². The molecule has 1 heterocycles. The first-order chi connectivity index (χ1) is 15.7. The molecule has 1 aromatic heterocycles. The number of halogens is 1. The first-order valence-corrected chi connectivity index (χ1v) is 11.5. The van der Waals surface area contributed by atoms with Crippen LogP contribution in [0.25, 0.3) is 23.1 Å². The first-order valence-electron chi connectivity index (χ1n) is 10.7. The summed E-state index contributed by atoms with van der Waals surface area (Å²) in [6.45, 7) is 6.66. The second-order valence-electron chi connectivity index (χ2n) is 8.41. The van der Waals surface area contributed by atoms with Crippen molar-refractivity contribution in [1.82, 2.24) is 15.3 Å². The molecule has 3 rings (SSSR count). The average Bonchev–Trinajstić information content (AvgIpc) is 2.76. The molecule has 174 valence electrons. The number of fused-ring (bicyclic) bond motifs is 1. The number of anilines is 1. The van der Waals surface area contributed by atoms with E-state index in [-0.39, 0.29) is 0 Å². The van der Waals surface area contributed by atoms with Crippen LogP contribution in [-0.4, -0.2) is 41.9 Å². The first kappa shape index (κ1) is 24.5. The third kappa shape index (κ3) is 7.75. The van der Waals surface area contributed by atoms with Crippen molar-refractivity contribution >= 4 is 50.9 Å². The molecule has 3 aromatic rings. The maximum absolute atomic E-state index is 11.8. The normalized spacial score (nSPS) is 11.5. The fourth-order valence-electron chi connectivity index (χ4n) is 3.01. The summed E-state index contributed by atoms with van der Waals surface area (Å²) in [6.07, 6.45) is 4.16. The summed E-state index contributed by atoms with van der Waals surface area (Å²) < 4.78 is 11.4. The van der Waals surface area contributed by atoms with E-state index in [4.69, 9.17) is 14.5 Å². The number of ether oxygens (including phenoxy) is 2. The van der Waals surface area contributed by atoms with Crippen molar-refractivity contribution in [3.05, 3.63) is 58.3 Å². The molecule has 1 amide bonds. The predicted octanol–water partition coefficient (Wildman–Crippen LogP) is 5.90. The lowest BCUT2D eigenvalue weighted by atomic mass is 10.2. The van der Waals surface area contributed by atoms with Crippen molar-refractivity contribution in [1.29, 1.82) is 0 Å². The number of methoxy groups -OCH3 is 1. The number of alkyl carbamates (subject to hydrolysis) is 1. The molecule has 0 aliphatic heterocycles. The lowest BCUT2D eigenvalue weighted by molar-refractivity contribution is 0.0528. The van der Waals surface area contributed by atoms with Gasteiger partial charge in [-0.05, 0) is 69.2 Å². The van der Waals surface area contributed by atoms with Gasteiger partial charge in [0.1, 0.15) is 17.2 Å². The Hall–Kier alpha value is -3.13. The molecule has 0 unspecified atom stereocenters. The molecule has 2 N–H and O–H groups in total. The second kappa shape index (κ2) is 11.1. The van der Waals surface area contributed by atoms with Gasteiger partial charge < -0.3 is 20.1 Å². The molecule has 0 aliphatic carbocycles. The van der Waals surface area contributed by atoms with Crippen LogP contribution in [0.5, 0.6) is 5.75 Å². The zero-order valence-corrected chi connectivity index (χ0v) is 20.9. The number of amides is 1. The Morgan fingerprint density at radius 1 is 1.06 bits per heavy atom. The molecule has 0 atom stereocenters. The molecule has 7 nitrogen and oxygen atoms in total. The summed E-state index contributed by atoms with van der Waals surface area (Å²) in [5.41, 5.74) is 1.36. The Bertz CT molecular complexity index is 1120. The zero-order chi connectivity index (χ0) is 23.8. The van der Waals surface area contributed by atoms with Crippen molar-refractivity contribution in [2.45, 2.75) is 32.8 Å². The highest BCUT2D eigenvalue weighted by molar-refractivity contribution is 9.10. The van der Waals surface area contributed by atoms with Crippen LogP contribution >= 0.6 is 15.9 Å². The van der Waals surface area contributed by atoms with E-state index in [0.717, 1.165) is 38.9 Å². The van der Waals surface area contributed by atoms with Crippen molar-refractivity contribution in [2.75, 3.05) is 25.5 Å². The molecule has 0 saturated heterocycles. The maximum atomic E-state index is 11.8. The van der Waals surface area contributed by atoms with Crippen molar-refractivity contribution < 1.29 is 14.3 Å². The van der Waals surface area contributed by atoms with Crippen LogP contribution in [-0.2, 0) is 4.74 Å². The number of hydrogen-bond donors (Lipinski definition) is 2. The largest absolute Gasteiger partial charge is 0.497 e. The summed E-state index contributed by atoms with van der Waals surface area (Å²) in [5, 5.41) is 7.07. The number of nitrogens with zero attached hydrogens (tertiary/aromatic N) is 2. The van der Waals surface area contributed by atoms with Gasteiger partial charge in [-0.3, -0.25) is 0 Å². The molecular formula is C25H29BrN4O3. The molecular weight excluding hydrogens is 484 g/mol. The van der Waals surface area contributed by atoms with Crippen LogP contribution in [0.15, 0.2) is 46.9 Å². The molecule has 0 aliphatic rings. The van der Waals surface area contributed by atoms with E-state index >= 15 is 0 Å². The Kier molecular flexibility index (Phi) is 8.27. The van der Waals surface area contributed by atoms with E-state index in [1.165, 1.54) is 0 Å². The summed E-state index contributed by atoms with van der Waals surface area (Å²) in [6, 6.07) is 13.7. The van der Waals surface area contributed by atoms with E-state index < -0.39 is 11.7 Å². The molecule has 0 saturated carbocycles. The highest BCUT2D eigenvalue weighted by Crippen LogP contribution is 2.25. The number of rotatable bonds is 8. The Morgan fingerprint density at radius 2 is 1.82 bits per heavy atom. The van der Waals surface area contributed by atoms with Gasteiger partial charge in [-0.25, -0.2) is 14.8 Å². The fourth-order valence-corrected chi connectivity index (χ4v) is 3.37. The fraction of sp³-hybridized carbons (Fsp3) is 0.320. The van der Waals surface area contributed by atoms with Crippen LogP contribution in [0.4, 0.5) is 10.6 Å².